The van der Waals surface area contributed by atoms with Crippen LogP contribution < -0.4 is 5.32 Å². The van der Waals surface area contributed by atoms with Crippen LogP contribution >= 0.6 is 0 Å². The maximum absolute atomic E-state index is 12.0. The molecule has 4 nitrogen and oxygen atoms in total. The van der Waals surface area contributed by atoms with Gasteiger partial charge in [0.25, 0.3) is 5.91 Å². The largest absolute Gasteiger partial charge is 0.321 e. The smallest absolute Gasteiger partial charge is 0.273 e. The van der Waals surface area contributed by atoms with E-state index in [4.69, 9.17) is 0 Å². The van der Waals surface area contributed by atoms with Crippen LogP contribution in [0.4, 0.5) is 5.69 Å². The molecule has 1 aromatic heterocycles. The molecule has 0 aliphatic heterocycles. The minimum absolute atomic E-state index is 0.126. The van der Waals surface area contributed by atoms with Crippen molar-refractivity contribution in [1.82, 2.24) is 9.78 Å². The first-order valence-corrected chi connectivity index (χ1v) is 6.16. The fraction of sp³-hybridized carbons (Fsp3) is 0.286. The Hall–Kier alpha value is -2.10. The van der Waals surface area contributed by atoms with Gasteiger partial charge < -0.3 is 5.32 Å². The molecular weight excluding hydrogens is 226 g/mol. The number of rotatable bonds is 4. The van der Waals surface area contributed by atoms with Crippen molar-refractivity contribution in [2.45, 2.75) is 26.8 Å². The van der Waals surface area contributed by atoms with E-state index in [9.17, 15) is 4.79 Å². The number of carbonyl (C=O) groups excluding carboxylic acids is 1. The summed E-state index contributed by atoms with van der Waals surface area (Å²) in [4.78, 5) is 12.0. The third-order valence-electron chi connectivity index (χ3n) is 2.87. The molecule has 1 heterocycles. The molecule has 0 atom stereocenters. The molecule has 0 saturated heterocycles. The first kappa shape index (κ1) is 12.4. The van der Waals surface area contributed by atoms with E-state index in [0.717, 1.165) is 12.1 Å². The van der Waals surface area contributed by atoms with Crippen molar-refractivity contribution in [1.29, 1.82) is 0 Å². The number of nitrogens with zero attached hydrogens (tertiary/aromatic N) is 2. The summed E-state index contributed by atoms with van der Waals surface area (Å²) in [5, 5.41) is 6.95. The predicted molar refractivity (Wildman–Crippen MR) is 71.7 cm³/mol. The summed E-state index contributed by atoms with van der Waals surface area (Å²) in [5.41, 5.74) is 2.64. The highest BCUT2D eigenvalue weighted by Crippen LogP contribution is 2.11. The second-order valence-corrected chi connectivity index (χ2v) is 4.04. The highest BCUT2D eigenvalue weighted by atomic mass is 16.2. The first-order chi connectivity index (χ1) is 8.74. The number of amides is 1. The van der Waals surface area contributed by atoms with Crippen molar-refractivity contribution in [3.63, 3.8) is 0 Å². The van der Waals surface area contributed by atoms with Crippen LogP contribution in [0.1, 0.15) is 29.9 Å². The molecule has 0 saturated carbocycles. The molecule has 4 heteroatoms. The van der Waals surface area contributed by atoms with Crippen LogP contribution in [0.25, 0.3) is 0 Å². The monoisotopic (exact) mass is 243 g/mol. The molecule has 1 amide bonds. The van der Waals surface area contributed by atoms with Crippen molar-refractivity contribution >= 4 is 11.6 Å². The molecule has 94 valence electrons. The normalized spacial score (nSPS) is 10.3. The SMILES string of the molecule is CCc1ccc(NC(=O)c2ccnn2CC)cc1. The van der Waals surface area contributed by atoms with Gasteiger partial charge in [-0.05, 0) is 37.1 Å². The Kier molecular flexibility index (Phi) is 3.77. The van der Waals surface area contributed by atoms with E-state index in [-0.39, 0.29) is 5.91 Å². The third-order valence-corrected chi connectivity index (χ3v) is 2.87. The van der Waals surface area contributed by atoms with Gasteiger partial charge in [0, 0.05) is 18.4 Å². The van der Waals surface area contributed by atoms with Crippen molar-refractivity contribution in [3.8, 4) is 0 Å². The summed E-state index contributed by atoms with van der Waals surface area (Å²) in [6, 6.07) is 9.60. The average molecular weight is 243 g/mol. The summed E-state index contributed by atoms with van der Waals surface area (Å²) in [5.74, 6) is -0.126. The zero-order valence-corrected chi connectivity index (χ0v) is 10.7. The van der Waals surface area contributed by atoms with Crippen LogP contribution in [-0.2, 0) is 13.0 Å². The van der Waals surface area contributed by atoms with Crippen LogP contribution in [-0.4, -0.2) is 15.7 Å². The zero-order chi connectivity index (χ0) is 13.0. The first-order valence-electron chi connectivity index (χ1n) is 6.16. The number of carbonyl (C=O) groups is 1. The van der Waals surface area contributed by atoms with Gasteiger partial charge in [-0.25, -0.2) is 0 Å². The number of benzene rings is 1. The standard InChI is InChI=1S/C14H17N3O/c1-3-11-5-7-12(8-6-11)16-14(18)13-9-10-15-17(13)4-2/h5-10H,3-4H2,1-2H3,(H,16,18). The van der Waals surface area contributed by atoms with E-state index < -0.39 is 0 Å². The van der Waals surface area contributed by atoms with Gasteiger partial charge in [-0.15, -0.1) is 0 Å². The van der Waals surface area contributed by atoms with E-state index in [1.54, 1.807) is 16.9 Å². The van der Waals surface area contributed by atoms with Gasteiger partial charge in [-0.1, -0.05) is 19.1 Å². The van der Waals surface area contributed by atoms with Crippen LogP contribution in [0, 0.1) is 0 Å². The number of hydrogen-bond acceptors (Lipinski definition) is 2. The van der Waals surface area contributed by atoms with E-state index >= 15 is 0 Å². The summed E-state index contributed by atoms with van der Waals surface area (Å²) < 4.78 is 1.68. The van der Waals surface area contributed by atoms with Gasteiger partial charge in [-0.3, -0.25) is 9.48 Å². The van der Waals surface area contributed by atoms with Crippen molar-refractivity contribution in [3.05, 3.63) is 47.8 Å². The molecule has 1 aromatic carbocycles. The van der Waals surface area contributed by atoms with Crippen LogP contribution in [0.2, 0.25) is 0 Å². The van der Waals surface area contributed by atoms with Gasteiger partial charge in [0.15, 0.2) is 0 Å². The Labute approximate surface area is 107 Å². The number of aryl methyl sites for hydroxylation is 2. The Morgan fingerprint density at radius 2 is 1.94 bits per heavy atom. The van der Waals surface area contributed by atoms with Crippen molar-refractivity contribution in [2.75, 3.05) is 5.32 Å². The van der Waals surface area contributed by atoms with Gasteiger partial charge in [0.1, 0.15) is 5.69 Å². The molecule has 1 N–H and O–H groups in total. The summed E-state index contributed by atoms with van der Waals surface area (Å²) in [6.45, 7) is 4.75. The van der Waals surface area contributed by atoms with E-state index in [1.165, 1.54) is 5.56 Å². The summed E-state index contributed by atoms with van der Waals surface area (Å²) in [6.07, 6.45) is 2.63. The number of nitrogens with one attached hydrogen (secondary N) is 1. The van der Waals surface area contributed by atoms with Gasteiger partial charge in [0.2, 0.25) is 0 Å². The molecule has 2 aromatic rings. The fourth-order valence-corrected chi connectivity index (χ4v) is 1.80. The molecule has 0 radical (unpaired) electrons. The second-order valence-electron chi connectivity index (χ2n) is 4.04. The molecular formula is C14H17N3O. The molecule has 0 bridgehead atoms. The highest BCUT2D eigenvalue weighted by Gasteiger charge is 2.10. The molecule has 0 aliphatic rings. The van der Waals surface area contributed by atoms with E-state index in [0.29, 0.717) is 12.2 Å². The van der Waals surface area contributed by atoms with Gasteiger partial charge in [-0.2, -0.15) is 5.10 Å². The maximum atomic E-state index is 12.0. The lowest BCUT2D eigenvalue weighted by Crippen LogP contribution is -2.17. The van der Waals surface area contributed by atoms with Crippen molar-refractivity contribution < 1.29 is 4.79 Å². The second kappa shape index (κ2) is 5.49. The van der Waals surface area contributed by atoms with Gasteiger partial charge in [0.05, 0.1) is 0 Å². The lowest BCUT2D eigenvalue weighted by atomic mass is 10.1. The maximum Gasteiger partial charge on any atom is 0.273 e. The zero-order valence-electron chi connectivity index (χ0n) is 10.7. The molecule has 0 unspecified atom stereocenters. The number of aromatic nitrogens is 2. The van der Waals surface area contributed by atoms with Crippen molar-refractivity contribution in [2.24, 2.45) is 0 Å². The average Bonchev–Trinajstić information content (AvgIpc) is 2.88. The van der Waals surface area contributed by atoms with E-state index in [1.807, 2.05) is 31.2 Å². The minimum atomic E-state index is -0.126. The predicted octanol–water partition coefficient (Wildman–Crippen LogP) is 2.72. The molecule has 2 rings (SSSR count). The molecule has 0 fully saturated rings. The van der Waals surface area contributed by atoms with Crippen LogP contribution in [0.3, 0.4) is 0 Å². The fourth-order valence-electron chi connectivity index (χ4n) is 1.80. The molecule has 0 aliphatic carbocycles. The Balaban J connectivity index is 2.11. The lowest BCUT2D eigenvalue weighted by Gasteiger charge is -2.07. The number of anilines is 1. The van der Waals surface area contributed by atoms with E-state index in [2.05, 4.69) is 17.3 Å². The van der Waals surface area contributed by atoms with Gasteiger partial charge >= 0.3 is 0 Å². The number of hydrogen-bond donors (Lipinski definition) is 1. The summed E-state index contributed by atoms with van der Waals surface area (Å²) >= 11 is 0. The third kappa shape index (κ3) is 2.59. The Morgan fingerprint density at radius 1 is 1.22 bits per heavy atom. The molecule has 18 heavy (non-hydrogen) atoms. The quantitative estimate of drug-likeness (QED) is 0.897. The minimum Gasteiger partial charge on any atom is -0.321 e. The highest BCUT2D eigenvalue weighted by molar-refractivity contribution is 6.03. The van der Waals surface area contributed by atoms with Crippen LogP contribution in [0.5, 0.6) is 0 Å². The summed E-state index contributed by atoms with van der Waals surface area (Å²) in [7, 11) is 0. The Bertz CT molecular complexity index is 528. The van der Waals surface area contributed by atoms with Crippen LogP contribution in [0.15, 0.2) is 36.5 Å². The lowest BCUT2D eigenvalue weighted by molar-refractivity contribution is 0.101. The topological polar surface area (TPSA) is 46.9 Å². The molecule has 0 spiro atoms. The Morgan fingerprint density at radius 3 is 2.56 bits per heavy atom.